The lowest BCUT2D eigenvalue weighted by Crippen LogP contribution is -2.46. The molecule has 1 N–H and O–H groups in total. The van der Waals surface area contributed by atoms with Gasteiger partial charge in [0.25, 0.3) is 0 Å². The zero-order valence-corrected chi connectivity index (χ0v) is 12.0. The molecule has 0 saturated carbocycles. The fourth-order valence-corrected chi connectivity index (χ4v) is 3.89. The Morgan fingerprint density at radius 2 is 2.15 bits per heavy atom. The van der Waals surface area contributed by atoms with E-state index in [4.69, 9.17) is 9.84 Å². The Kier molecular flexibility index (Phi) is 4.42. The highest BCUT2D eigenvalue weighted by Gasteiger charge is 2.32. The monoisotopic (exact) mass is 299 g/mol. The molecule has 110 valence electrons. The quantitative estimate of drug-likeness (QED) is 0.891. The van der Waals surface area contributed by atoms with Crippen molar-refractivity contribution in [3.05, 3.63) is 29.8 Å². The summed E-state index contributed by atoms with van der Waals surface area (Å²) in [5.41, 5.74) is 0.675. The van der Waals surface area contributed by atoms with E-state index >= 15 is 0 Å². The van der Waals surface area contributed by atoms with E-state index < -0.39 is 22.1 Å². The number of rotatable bonds is 4. The van der Waals surface area contributed by atoms with Crippen molar-refractivity contribution in [2.45, 2.75) is 24.3 Å². The summed E-state index contributed by atoms with van der Waals surface area (Å²) in [5, 5.41) is 8.77. The molecule has 1 heterocycles. The summed E-state index contributed by atoms with van der Waals surface area (Å²) in [6.07, 6.45) is -0.792. The molecule has 0 aromatic heterocycles. The van der Waals surface area contributed by atoms with Crippen molar-refractivity contribution in [1.29, 1.82) is 0 Å². The Balaban J connectivity index is 2.22. The van der Waals surface area contributed by atoms with Gasteiger partial charge in [-0.05, 0) is 18.6 Å². The molecule has 1 fully saturated rings. The second-order valence-electron chi connectivity index (χ2n) is 4.72. The van der Waals surface area contributed by atoms with Crippen molar-refractivity contribution in [2.75, 3.05) is 19.7 Å². The average molecular weight is 299 g/mol. The first-order valence-electron chi connectivity index (χ1n) is 6.30. The summed E-state index contributed by atoms with van der Waals surface area (Å²) >= 11 is 0. The van der Waals surface area contributed by atoms with Crippen molar-refractivity contribution >= 4 is 16.0 Å². The Hall–Kier alpha value is -1.44. The average Bonchev–Trinajstić information content (AvgIpc) is 2.38. The summed E-state index contributed by atoms with van der Waals surface area (Å²) in [6.45, 7) is 2.26. The van der Waals surface area contributed by atoms with E-state index in [1.807, 2.05) is 0 Å². The van der Waals surface area contributed by atoms with Gasteiger partial charge in [0.05, 0.1) is 24.0 Å². The molecule has 1 aromatic carbocycles. The molecule has 1 aliphatic rings. The highest BCUT2D eigenvalue weighted by molar-refractivity contribution is 7.89. The third kappa shape index (κ3) is 3.17. The summed E-state index contributed by atoms with van der Waals surface area (Å²) in [6, 6.07) is 6.75. The maximum atomic E-state index is 12.6. The lowest BCUT2D eigenvalue weighted by atomic mass is 10.2. The van der Waals surface area contributed by atoms with Crippen LogP contribution < -0.4 is 0 Å². The summed E-state index contributed by atoms with van der Waals surface area (Å²) in [7, 11) is -3.60. The molecular formula is C13H17NO5S. The van der Waals surface area contributed by atoms with E-state index in [0.717, 1.165) is 0 Å². The first kappa shape index (κ1) is 15.0. The summed E-state index contributed by atoms with van der Waals surface area (Å²) < 4.78 is 31.7. The molecule has 1 saturated heterocycles. The molecule has 1 aliphatic heterocycles. The van der Waals surface area contributed by atoms with E-state index in [0.29, 0.717) is 5.56 Å². The lowest BCUT2D eigenvalue weighted by molar-refractivity contribution is -0.141. The van der Waals surface area contributed by atoms with Gasteiger partial charge >= 0.3 is 5.97 Å². The minimum atomic E-state index is -3.60. The number of hydrogen-bond acceptors (Lipinski definition) is 4. The number of hydrogen-bond donors (Lipinski definition) is 1. The maximum Gasteiger partial charge on any atom is 0.306 e. The third-order valence-electron chi connectivity index (χ3n) is 3.22. The van der Waals surface area contributed by atoms with Gasteiger partial charge in [-0.15, -0.1) is 0 Å². The summed E-state index contributed by atoms with van der Waals surface area (Å²) in [5.74, 6) is -0.995. The van der Waals surface area contributed by atoms with Gasteiger partial charge in [0.1, 0.15) is 0 Å². The van der Waals surface area contributed by atoms with Crippen LogP contribution in [0.15, 0.2) is 29.2 Å². The number of carboxylic acids is 1. The number of aryl methyl sites for hydroxylation is 1. The second-order valence-corrected chi connectivity index (χ2v) is 6.63. The SMILES string of the molecule is Cc1ccccc1S(=O)(=O)N1CCOC(CC(=O)O)C1. The number of ether oxygens (including phenoxy) is 1. The number of carbonyl (C=O) groups is 1. The number of morpholine rings is 1. The van der Waals surface area contributed by atoms with Gasteiger partial charge in [-0.1, -0.05) is 18.2 Å². The zero-order valence-electron chi connectivity index (χ0n) is 11.2. The maximum absolute atomic E-state index is 12.6. The van der Waals surface area contributed by atoms with Crippen LogP contribution in [0.2, 0.25) is 0 Å². The molecule has 0 aliphatic carbocycles. The molecule has 1 aromatic rings. The molecule has 0 amide bonds. The highest BCUT2D eigenvalue weighted by atomic mass is 32.2. The standard InChI is InChI=1S/C13H17NO5S/c1-10-4-2-3-5-12(10)20(17,18)14-6-7-19-11(9-14)8-13(15)16/h2-5,11H,6-9H2,1H3,(H,15,16). The highest BCUT2D eigenvalue weighted by Crippen LogP contribution is 2.22. The second kappa shape index (κ2) is 5.90. The topological polar surface area (TPSA) is 83.9 Å². The van der Waals surface area contributed by atoms with Gasteiger partial charge in [-0.3, -0.25) is 4.79 Å². The minimum Gasteiger partial charge on any atom is -0.481 e. The molecular weight excluding hydrogens is 282 g/mol. The van der Waals surface area contributed by atoms with Crippen LogP contribution in [-0.4, -0.2) is 49.6 Å². The first-order chi connectivity index (χ1) is 9.41. The van der Waals surface area contributed by atoms with Gasteiger partial charge < -0.3 is 9.84 Å². The van der Waals surface area contributed by atoms with E-state index in [2.05, 4.69) is 0 Å². The molecule has 7 heteroatoms. The fraction of sp³-hybridized carbons (Fsp3) is 0.462. The lowest BCUT2D eigenvalue weighted by Gasteiger charge is -2.31. The third-order valence-corrected chi connectivity index (χ3v) is 5.24. The van der Waals surface area contributed by atoms with Gasteiger partial charge in [-0.25, -0.2) is 8.42 Å². The van der Waals surface area contributed by atoms with Crippen molar-refractivity contribution in [3.63, 3.8) is 0 Å². The van der Waals surface area contributed by atoms with Crippen LogP contribution in [0.1, 0.15) is 12.0 Å². The van der Waals surface area contributed by atoms with Crippen LogP contribution in [0.3, 0.4) is 0 Å². The molecule has 2 rings (SSSR count). The normalized spacial score (nSPS) is 20.8. The molecule has 1 unspecified atom stereocenters. The van der Waals surface area contributed by atoms with E-state index in [1.54, 1.807) is 31.2 Å². The van der Waals surface area contributed by atoms with Gasteiger partial charge in [0, 0.05) is 13.1 Å². The van der Waals surface area contributed by atoms with Gasteiger partial charge in [0.15, 0.2) is 0 Å². The Morgan fingerprint density at radius 3 is 2.80 bits per heavy atom. The Bertz CT molecular complexity index is 599. The molecule has 0 radical (unpaired) electrons. The van der Waals surface area contributed by atoms with E-state index in [9.17, 15) is 13.2 Å². The minimum absolute atomic E-state index is 0.0724. The largest absolute Gasteiger partial charge is 0.481 e. The van der Waals surface area contributed by atoms with Crippen molar-refractivity contribution in [1.82, 2.24) is 4.31 Å². The van der Waals surface area contributed by atoms with Gasteiger partial charge in [0.2, 0.25) is 10.0 Å². The molecule has 20 heavy (non-hydrogen) atoms. The smallest absolute Gasteiger partial charge is 0.306 e. The van der Waals surface area contributed by atoms with E-state index in [1.165, 1.54) is 4.31 Å². The number of nitrogens with zero attached hydrogens (tertiary/aromatic N) is 1. The number of aliphatic carboxylic acids is 1. The van der Waals surface area contributed by atoms with Crippen LogP contribution in [0, 0.1) is 6.92 Å². The van der Waals surface area contributed by atoms with Crippen LogP contribution in [-0.2, 0) is 19.6 Å². The van der Waals surface area contributed by atoms with Crippen LogP contribution in [0.25, 0.3) is 0 Å². The van der Waals surface area contributed by atoms with Crippen molar-refractivity contribution < 1.29 is 23.1 Å². The molecule has 0 spiro atoms. The fourth-order valence-electron chi connectivity index (χ4n) is 2.21. The predicted octanol–water partition coefficient (Wildman–Crippen LogP) is 0.859. The number of benzene rings is 1. The molecule has 0 bridgehead atoms. The predicted molar refractivity (Wildman–Crippen MR) is 71.9 cm³/mol. The van der Waals surface area contributed by atoms with E-state index in [-0.39, 0.29) is 31.0 Å². The molecule has 6 nitrogen and oxygen atoms in total. The molecule has 1 atom stereocenters. The van der Waals surface area contributed by atoms with Crippen molar-refractivity contribution in [2.24, 2.45) is 0 Å². The number of carboxylic acid groups (broad SMARTS) is 1. The Morgan fingerprint density at radius 1 is 1.45 bits per heavy atom. The van der Waals surface area contributed by atoms with Crippen LogP contribution in [0.4, 0.5) is 0 Å². The van der Waals surface area contributed by atoms with Gasteiger partial charge in [-0.2, -0.15) is 4.31 Å². The van der Waals surface area contributed by atoms with Crippen LogP contribution in [0.5, 0.6) is 0 Å². The summed E-state index contributed by atoms with van der Waals surface area (Å²) in [4.78, 5) is 11.0. The Labute approximate surface area is 118 Å². The van der Waals surface area contributed by atoms with Crippen LogP contribution >= 0.6 is 0 Å². The zero-order chi connectivity index (χ0) is 14.8. The first-order valence-corrected chi connectivity index (χ1v) is 7.74. The number of sulfonamides is 1. The van der Waals surface area contributed by atoms with Crippen molar-refractivity contribution in [3.8, 4) is 0 Å².